The molecule has 0 atom stereocenters. The van der Waals surface area contributed by atoms with Gasteiger partial charge in [-0.3, -0.25) is 4.79 Å². The Kier molecular flexibility index (Phi) is 4.10. The zero-order chi connectivity index (χ0) is 15.0. The van der Waals surface area contributed by atoms with Crippen LogP contribution in [-0.4, -0.2) is 56.0 Å². The maximum atomic E-state index is 12.5. The van der Waals surface area contributed by atoms with E-state index in [1.54, 1.807) is 11.1 Å². The van der Waals surface area contributed by atoms with E-state index >= 15 is 0 Å². The molecular formula is C15H24N2O3S. The summed E-state index contributed by atoms with van der Waals surface area (Å²) in [6.45, 7) is 2.67. The predicted octanol–water partition coefficient (Wildman–Crippen LogP) is 1.37. The molecule has 0 aromatic rings. The van der Waals surface area contributed by atoms with E-state index in [0.29, 0.717) is 25.9 Å². The van der Waals surface area contributed by atoms with Crippen molar-refractivity contribution in [2.24, 2.45) is 5.92 Å². The topological polar surface area (TPSA) is 57.7 Å². The lowest BCUT2D eigenvalue weighted by Gasteiger charge is -2.35. The van der Waals surface area contributed by atoms with Crippen molar-refractivity contribution in [2.75, 3.05) is 32.4 Å². The van der Waals surface area contributed by atoms with Crippen molar-refractivity contribution in [3.8, 4) is 0 Å². The van der Waals surface area contributed by atoms with Crippen molar-refractivity contribution in [1.82, 2.24) is 9.21 Å². The minimum Gasteiger partial charge on any atom is -0.342 e. The maximum absolute atomic E-state index is 12.5. The fourth-order valence-electron chi connectivity index (χ4n) is 3.46. The Balaban J connectivity index is 1.52. The number of allylic oxidation sites excluding steroid dienone is 1. The lowest BCUT2D eigenvalue weighted by atomic mass is 9.94. The first kappa shape index (κ1) is 15.0. The number of piperidine rings is 2. The van der Waals surface area contributed by atoms with E-state index in [4.69, 9.17) is 0 Å². The van der Waals surface area contributed by atoms with Crippen molar-refractivity contribution in [3.05, 3.63) is 11.1 Å². The molecular weight excluding hydrogens is 288 g/mol. The molecule has 21 heavy (non-hydrogen) atoms. The third-order valence-corrected chi connectivity index (χ3v) is 6.25. The Morgan fingerprint density at radius 3 is 1.95 bits per heavy atom. The Hall–Kier alpha value is -0.880. The summed E-state index contributed by atoms with van der Waals surface area (Å²) in [4.78, 5) is 14.5. The largest absolute Gasteiger partial charge is 0.342 e. The van der Waals surface area contributed by atoms with E-state index in [9.17, 15) is 13.2 Å². The molecule has 0 spiro atoms. The fraction of sp³-hybridized carbons (Fsp3) is 0.800. The summed E-state index contributed by atoms with van der Waals surface area (Å²) in [5.41, 5.74) is 3.22. The lowest BCUT2D eigenvalue weighted by molar-refractivity contribution is -0.137. The molecule has 5 nitrogen and oxygen atoms in total. The monoisotopic (exact) mass is 312 g/mol. The number of likely N-dealkylation sites (tertiary alicyclic amines) is 1. The summed E-state index contributed by atoms with van der Waals surface area (Å²) in [6, 6.07) is 0. The van der Waals surface area contributed by atoms with Crippen molar-refractivity contribution in [2.45, 2.75) is 38.5 Å². The Labute approximate surface area is 127 Å². The highest BCUT2D eigenvalue weighted by Gasteiger charge is 2.32. The van der Waals surface area contributed by atoms with Gasteiger partial charge in [0.15, 0.2) is 0 Å². The highest BCUT2D eigenvalue weighted by Crippen LogP contribution is 2.36. The Morgan fingerprint density at radius 2 is 1.48 bits per heavy atom. The van der Waals surface area contributed by atoms with Crippen molar-refractivity contribution < 1.29 is 13.2 Å². The van der Waals surface area contributed by atoms with Gasteiger partial charge in [-0.1, -0.05) is 11.1 Å². The third kappa shape index (κ3) is 3.48. The van der Waals surface area contributed by atoms with Crippen LogP contribution in [-0.2, 0) is 14.8 Å². The molecule has 0 N–H and O–H groups in total. The number of sulfonamides is 1. The van der Waals surface area contributed by atoms with Crippen LogP contribution in [0, 0.1) is 5.92 Å². The summed E-state index contributed by atoms with van der Waals surface area (Å²) in [5.74, 6) is 0.251. The number of rotatable bonds is 2. The molecule has 1 amide bonds. The van der Waals surface area contributed by atoms with E-state index in [1.807, 2.05) is 4.90 Å². The maximum Gasteiger partial charge on any atom is 0.225 e. The minimum absolute atomic E-state index is 0.0122. The number of carbonyl (C=O) groups is 1. The Morgan fingerprint density at radius 1 is 0.952 bits per heavy atom. The number of carbonyl (C=O) groups excluding carboxylic acids is 1. The van der Waals surface area contributed by atoms with Gasteiger partial charge in [0.2, 0.25) is 15.9 Å². The van der Waals surface area contributed by atoms with Crippen molar-refractivity contribution in [3.63, 3.8) is 0 Å². The quantitative estimate of drug-likeness (QED) is 0.724. The first-order valence-corrected chi connectivity index (χ1v) is 9.73. The van der Waals surface area contributed by atoms with Crippen LogP contribution in [0.4, 0.5) is 0 Å². The van der Waals surface area contributed by atoms with Gasteiger partial charge in [-0.25, -0.2) is 12.7 Å². The van der Waals surface area contributed by atoms with Gasteiger partial charge in [-0.15, -0.1) is 0 Å². The smallest absolute Gasteiger partial charge is 0.225 e. The van der Waals surface area contributed by atoms with Gasteiger partial charge in [0.05, 0.1) is 6.26 Å². The normalized spacial score (nSPS) is 25.3. The highest BCUT2D eigenvalue weighted by atomic mass is 32.2. The van der Waals surface area contributed by atoms with Crippen LogP contribution in [0.2, 0.25) is 0 Å². The van der Waals surface area contributed by atoms with Gasteiger partial charge >= 0.3 is 0 Å². The first-order chi connectivity index (χ1) is 9.95. The van der Waals surface area contributed by atoms with Gasteiger partial charge < -0.3 is 4.90 Å². The molecule has 6 heteroatoms. The van der Waals surface area contributed by atoms with Crippen molar-refractivity contribution >= 4 is 15.9 Å². The Bertz CT molecular complexity index is 543. The standard InChI is InChI=1S/C15H24N2O3S/c1-21(19,20)17-10-6-14(7-11-17)15(18)16-8-4-13(5-9-16)12-2-3-12/h14H,2-11H2,1H3. The van der Waals surface area contributed by atoms with Crippen LogP contribution < -0.4 is 0 Å². The molecule has 0 unspecified atom stereocenters. The molecule has 2 aliphatic heterocycles. The molecule has 0 bridgehead atoms. The summed E-state index contributed by atoms with van der Waals surface area (Å²) >= 11 is 0. The summed E-state index contributed by atoms with van der Waals surface area (Å²) in [6.07, 6.45) is 7.20. The highest BCUT2D eigenvalue weighted by molar-refractivity contribution is 7.88. The van der Waals surface area contributed by atoms with Gasteiger partial charge in [-0.2, -0.15) is 0 Å². The average molecular weight is 312 g/mol. The van der Waals surface area contributed by atoms with E-state index in [2.05, 4.69) is 0 Å². The molecule has 2 saturated heterocycles. The molecule has 3 aliphatic rings. The van der Waals surface area contributed by atoms with Gasteiger partial charge in [-0.05, 0) is 38.5 Å². The summed E-state index contributed by atoms with van der Waals surface area (Å²) in [5, 5.41) is 0. The van der Waals surface area contributed by atoms with Crippen LogP contribution in [0.25, 0.3) is 0 Å². The van der Waals surface area contributed by atoms with Crippen LogP contribution in [0.15, 0.2) is 11.1 Å². The van der Waals surface area contributed by atoms with E-state index in [0.717, 1.165) is 25.9 Å². The zero-order valence-electron chi connectivity index (χ0n) is 12.7. The molecule has 118 valence electrons. The second kappa shape index (κ2) is 5.72. The summed E-state index contributed by atoms with van der Waals surface area (Å²) < 4.78 is 24.5. The van der Waals surface area contributed by atoms with Crippen LogP contribution in [0.3, 0.4) is 0 Å². The zero-order valence-corrected chi connectivity index (χ0v) is 13.5. The van der Waals surface area contributed by atoms with Crippen LogP contribution in [0.1, 0.15) is 38.5 Å². The second-order valence-electron chi connectivity index (χ2n) is 6.47. The van der Waals surface area contributed by atoms with E-state index in [1.165, 1.54) is 23.4 Å². The van der Waals surface area contributed by atoms with Crippen LogP contribution >= 0.6 is 0 Å². The molecule has 3 rings (SSSR count). The van der Waals surface area contributed by atoms with Crippen LogP contribution in [0.5, 0.6) is 0 Å². The van der Waals surface area contributed by atoms with E-state index < -0.39 is 10.0 Å². The van der Waals surface area contributed by atoms with Crippen molar-refractivity contribution in [1.29, 1.82) is 0 Å². The molecule has 0 radical (unpaired) electrons. The van der Waals surface area contributed by atoms with Gasteiger partial charge in [0, 0.05) is 32.1 Å². The molecule has 0 aromatic heterocycles. The second-order valence-corrected chi connectivity index (χ2v) is 8.45. The third-order valence-electron chi connectivity index (χ3n) is 4.95. The SMILES string of the molecule is CS(=O)(=O)N1CCC(C(=O)N2CCC(=C3CC3)CC2)CC1. The molecule has 0 aromatic carbocycles. The molecule has 3 fully saturated rings. The first-order valence-electron chi connectivity index (χ1n) is 7.89. The van der Waals surface area contributed by atoms with E-state index in [-0.39, 0.29) is 11.8 Å². The molecule has 1 saturated carbocycles. The minimum atomic E-state index is -3.11. The van der Waals surface area contributed by atoms with Gasteiger partial charge in [0.1, 0.15) is 0 Å². The number of hydrogen-bond acceptors (Lipinski definition) is 3. The average Bonchev–Trinajstić information content (AvgIpc) is 3.31. The number of nitrogens with zero attached hydrogens (tertiary/aromatic N) is 2. The molecule has 2 heterocycles. The van der Waals surface area contributed by atoms with Gasteiger partial charge in [0.25, 0.3) is 0 Å². The number of amides is 1. The lowest BCUT2D eigenvalue weighted by Crippen LogP contribution is -2.45. The summed E-state index contributed by atoms with van der Waals surface area (Å²) in [7, 11) is -3.11. The fourth-order valence-corrected chi connectivity index (χ4v) is 4.33. The molecule has 1 aliphatic carbocycles. The predicted molar refractivity (Wildman–Crippen MR) is 81.2 cm³/mol. The number of hydrogen-bond donors (Lipinski definition) is 0.